The van der Waals surface area contributed by atoms with Gasteiger partial charge in [-0.25, -0.2) is 9.59 Å². The number of alkyl carbamates (subject to hydrolysis) is 1. The second kappa shape index (κ2) is 18.6. The Hall–Kier alpha value is -5.06. The van der Waals surface area contributed by atoms with Crippen LogP contribution < -0.4 is 10.6 Å². The lowest BCUT2D eigenvalue weighted by Gasteiger charge is -2.39. The number of ether oxygens (including phenoxy) is 2. The molecule has 0 aliphatic heterocycles. The van der Waals surface area contributed by atoms with Crippen LogP contribution in [-0.2, 0) is 36.7 Å². The molecule has 53 heavy (non-hydrogen) atoms. The molecule has 11 nitrogen and oxygen atoms in total. The summed E-state index contributed by atoms with van der Waals surface area (Å²) in [5, 5.41) is 26.2. The number of nitrogens with zero attached hydrogens (tertiary/aromatic N) is 1. The molecule has 0 aromatic heterocycles. The van der Waals surface area contributed by atoms with Gasteiger partial charge in [0.2, 0.25) is 11.8 Å². The zero-order chi connectivity index (χ0) is 39.5. The normalized spacial score (nSPS) is 14.0. The monoisotopic (exact) mass is 731 g/mol. The van der Waals surface area contributed by atoms with Crippen LogP contribution in [0.2, 0.25) is 0 Å². The van der Waals surface area contributed by atoms with Crippen molar-refractivity contribution in [1.82, 2.24) is 15.5 Å². The first kappa shape index (κ1) is 42.4. The molecule has 3 amide bonds. The molecular formula is C42H57N3O8. The molecule has 0 fully saturated rings. The van der Waals surface area contributed by atoms with Crippen molar-refractivity contribution in [1.29, 1.82) is 0 Å². The average molecular weight is 732 g/mol. The number of rotatable bonds is 15. The molecular weight excluding hydrogens is 674 g/mol. The number of esters is 1. The molecule has 0 aliphatic rings. The number of benzene rings is 3. The second-order valence-corrected chi connectivity index (χ2v) is 15.9. The summed E-state index contributed by atoms with van der Waals surface area (Å²) < 4.78 is 11.3. The molecule has 3 rings (SSSR count). The van der Waals surface area contributed by atoms with Gasteiger partial charge in [-0.3, -0.25) is 9.59 Å². The van der Waals surface area contributed by atoms with Gasteiger partial charge in [0.15, 0.2) is 0 Å². The molecule has 3 aromatic carbocycles. The first-order valence-electron chi connectivity index (χ1n) is 18.2. The highest BCUT2D eigenvalue weighted by Crippen LogP contribution is 2.30. The third-order valence-corrected chi connectivity index (χ3v) is 8.26. The molecule has 0 heterocycles. The molecule has 4 N–H and O–H groups in total. The Morgan fingerprint density at radius 2 is 1.26 bits per heavy atom. The van der Waals surface area contributed by atoms with Crippen molar-refractivity contribution in [2.45, 2.75) is 123 Å². The Balaban J connectivity index is 2.19. The van der Waals surface area contributed by atoms with E-state index in [1.54, 1.807) is 65.8 Å². The first-order chi connectivity index (χ1) is 24.7. The fourth-order valence-electron chi connectivity index (χ4n) is 5.81. The van der Waals surface area contributed by atoms with Crippen LogP contribution in [0, 0.1) is 5.92 Å². The number of carbonyl (C=O) groups is 4. The van der Waals surface area contributed by atoms with E-state index in [1.807, 2.05) is 37.3 Å². The van der Waals surface area contributed by atoms with Crippen LogP contribution in [0.4, 0.5) is 4.79 Å². The summed E-state index contributed by atoms with van der Waals surface area (Å²) in [6, 6.07) is 17.3. The van der Waals surface area contributed by atoms with Crippen molar-refractivity contribution < 1.29 is 38.9 Å². The summed E-state index contributed by atoms with van der Waals surface area (Å²) in [5.41, 5.74) is 0.0173. The largest absolute Gasteiger partial charge is 0.508 e. The quantitative estimate of drug-likeness (QED) is 0.122. The van der Waals surface area contributed by atoms with E-state index >= 15 is 4.79 Å². The smallest absolute Gasteiger partial charge is 0.408 e. The standard InChI is InChI=1S/C42H57N3O8/c1-27(2)18-19-28(3)45(38(49)34(44-40(51)53-42(7,8)9)24-30-20-22-32(46)23-21-30)36(31-16-13-17-33(47)26-31)37(48)43-35(39(50)52-41(4,5)6)25-29-14-11-10-12-15-29/h10-17,20-23,26-28,34-36,46-47H,18-19,24-25H2,1-9H3,(H,43,48)(H,44,51). The summed E-state index contributed by atoms with van der Waals surface area (Å²) in [6.45, 7) is 16.3. The van der Waals surface area contributed by atoms with Gasteiger partial charge >= 0.3 is 12.1 Å². The minimum Gasteiger partial charge on any atom is -0.508 e. The van der Waals surface area contributed by atoms with Gasteiger partial charge in [0.1, 0.15) is 40.8 Å². The van der Waals surface area contributed by atoms with E-state index in [1.165, 1.54) is 29.2 Å². The van der Waals surface area contributed by atoms with Crippen molar-refractivity contribution in [2.75, 3.05) is 0 Å². The van der Waals surface area contributed by atoms with Crippen LogP contribution in [-0.4, -0.2) is 68.3 Å². The van der Waals surface area contributed by atoms with Gasteiger partial charge in [-0.05, 0) is 108 Å². The van der Waals surface area contributed by atoms with Crippen LogP contribution in [0.1, 0.15) is 97.9 Å². The van der Waals surface area contributed by atoms with Crippen molar-refractivity contribution in [3.05, 3.63) is 95.6 Å². The van der Waals surface area contributed by atoms with Crippen LogP contribution in [0.5, 0.6) is 11.5 Å². The van der Waals surface area contributed by atoms with Crippen LogP contribution >= 0.6 is 0 Å². The van der Waals surface area contributed by atoms with Crippen molar-refractivity contribution in [3.8, 4) is 11.5 Å². The number of hydrogen-bond donors (Lipinski definition) is 4. The Morgan fingerprint density at radius 3 is 1.83 bits per heavy atom. The van der Waals surface area contributed by atoms with Gasteiger partial charge in [-0.15, -0.1) is 0 Å². The van der Waals surface area contributed by atoms with Gasteiger partial charge in [0.25, 0.3) is 0 Å². The van der Waals surface area contributed by atoms with Crippen molar-refractivity contribution in [2.24, 2.45) is 5.92 Å². The maximum absolute atomic E-state index is 15.1. The third-order valence-electron chi connectivity index (χ3n) is 8.26. The highest BCUT2D eigenvalue weighted by molar-refractivity contribution is 5.94. The van der Waals surface area contributed by atoms with E-state index in [0.717, 1.165) is 12.0 Å². The van der Waals surface area contributed by atoms with Crippen LogP contribution in [0.15, 0.2) is 78.9 Å². The fraction of sp³-hybridized carbons (Fsp3) is 0.476. The maximum Gasteiger partial charge on any atom is 0.408 e. The van der Waals surface area contributed by atoms with Gasteiger partial charge in [0, 0.05) is 18.9 Å². The Morgan fingerprint density at radius 1 is 0.679 bits per heavy atom. The molecule has 0 saturated heterocycles. The molecule has 3 aromatic rings. The first-order valence-corrected chi connectivity index (χ1v) is 18.2. The number of phenolic OH excluding ortho intramolecular Hbond substituents is 2. The van der Waals surface area contributed by atoms with E-state index in [9.17, 15) is 24.6 Å². The number of amides is 3. The maximum atomic E-state index is 15.1. The Labute approximate surface area is 314 Å². The van der Waals surface area contributed by atoms with Gasteiger partial charge in [-0.2, -0.15) is 0 Å². The van der Waals surface area contributed by atoms with E-state index in [-0.39, 0.29) is 30.3 Å². The van der Waals surface area contributed by atoms with Crippen LogP contribution in [0.3, 0.4) is 0 Å². The molecule has 4 atom stereocenters. The van der Waals surface area contributed by atoms with E-state index in [0.29, 0.717) is 17.5 Å². The molecule has 11 heteroatoms. The summed E-state index contributed by atoms with van der Waals surface area (Å²) in [7, 11) is 0. The van der Waals surface area contributed by atoms with E-state index in [4.69, 9.17) is 9.47 Å². The third kappa shape index (κ3) is 14.1. The Bertz CT molecular complexity index is 1660. The predicted molar refractivity (Wildman–Crippen MR) is 204 cm³/mol. The summed E-state index contributed by atoms with van der Waals surface area (Å²) in [5.74, 6) is -1.71. The van der Waals surface area contributed by atoms with E-state index < -0.39 is 59.2 Å². The summed E-state index contributed by atoms with van der Waals surface area (Å²) in [4.78, 5) is 58.2. The molecule has 0 aliphatic carbocycles. The minimum absolute atomic E-state index is 0.00861. The summed E-state index contributed by atoms with van der Waals surface area (Å²) >= 11 is 0. The van der Waals surface area contributed by atoms with Gasteiger partial charge in [-0.1, -0.05) is 68.4 Å². The lowest BCUT2D eigenvalue weighted by molar-refractivity contribution is -0.159. The Kier molecular flexibility index (Phi) is 14.9. The van der Waals surface area contributed by atoms with E-state index in [2.05, 4.69) is 24.5 Å². The molecule has 4 unspecified atom stereocenters. The molecule has 0 radical (unpaired) electrons. The molecule has 288 valence electrons. The zero-order valence-electron chi connectivity index (χ0n) is 32.5. The topological polar surface area (TPSA) is 154 Å². The second-order valence-electron chi connectivity index (χ2n) is 15.9. The van der Waals surface area contributed by atoms with Crippen molar-refractivity contribution >= 4 is 23.9 Å². The molecule has 0 bridgehead atoms. The number of hydrogen-bond acceptors (Lipinski definition) is 8. The number of aromatic hydroxyl groups is 2. The van der Waals surface area contributed by atoms with Crippen LogP contribution in [0.25, 0.3) is 0 Å². The SMILES string of the molecule is CC(C)CCC(C)N(C(=O)C(Cc1ccc(O)cc1)NC(=O)OC(C)(C)C)C(C(=O)NC(Cc1ccccc1)C(=O)OC(C)(C)C)c1cccc(O)c1. The van der Waals surface area contributed by atoms with Gasteiger partial charge in [0.05, 0.1) is 0 Å². The lowest BCUT2D eigenvalue weighted by Crippen LogP contribution is -2.57. The molecule has 0 spiro atoms. The number of phenols is 2. The highest BCUT2D eigenvalue weighted by Gasteiger charge is 2.40. The fourth-order valence-corrected chi connectivity index (χ4v) is 5.81. The number of nitrogens with one attached hydrogen (secondary N) is 2. The lowest BCUT2D eigenvalue weighted by atomic mass is 9.95. The predicted octanol–water partition coefficient (Wildman–Crippen LogP) is 7.00. The summed E-state index contributed by atoms with van der Waals surface area (Å²) in [6.07, 6.45) is 0.527. The average Bonchev–Trinajstić information content (AvgIpc) is 3.05. The van der Waals surface area contributed by atoms with Gasteiger partial charge < -0.3 is 35.2 Å². The minimum atomic E-state index is -1.35. The van der Waals surface area contributed by atoms with Crippen molar-refractivity contribution in [3.63, 3.8) is 0 Å². The highest BCUT2D eigenvalue weighted by atomic mass is 16.6. The zero-order valence-corrected chi connectivity index (χ0v) is 32.5. The number of carbonyl (C=O) groups excluding carboxylic acids is 4. The molecule has 0 saturated carbocycles.